The largest absolute Gasteiger partial charge is 0.343 e. The highest BCUT2D eigenvalue weighted by atomic mass is 16.1. The summed E-state index contributed by atoms with van der Waals surface area (Å²) in [6.45, 7) is 0. The van der Waals surface area contributed by atoms with Crippen molar-refractivity contribution in [1.82, 2.24) is 15.3 Å². The molecule has 1 N–H and O–H groups in total. The number of nitrogens with one attached hydrogen (secondary N) is 1. The van der Waals surface area contributed by atoms with Crippen molar-refractivity contribution in [3.8, 4) is 0 Å². The Balaban J connectivity index is 1.97. The van der Waals surface area contributed by atoms with E-state index >= 15 is 0 Å². The Morgan fingerprint density at radius 2 is 2.12 bits per heavy atom. The molecule has 0 radical (unpaired) electrons. The van der Waals surface area contributed by atoms with Crippen LogP contribution in [0.3, 0.4) is 0 Å². The molecule has 1 aromatic heterocycles. The second-order valence-electron chi connectivity index (χ2n) is 4.02. The fourth-order valence-electron chi connectivity index (χ4n) is 2.10. The summed E-state index contributed by atoms with van der Waals surface area (Å²) >= 11 is 0. The smallest absolute Gasteiger partial charge is 0.252 e. The van der Waals surface area contributed by atoms with Crippen molar-refractivity contribution < 1.29 is 4.79 Å². The molecule has 1 aliphatic heterocycles. The molecule has 1 aliphatic rings. The van der Waals surface area contributed by atoms with Crippen molar-refractivity contribution in [2.45, 2.75) is 12.5 Å². The van der Waals surface area contributed by atoms with Gasteiger partial charge >= 0.3 is 0 Å². The molecule has 0 bridgehead atoms. The van der Waals surface area contributed by atoms with Gasteiger partial charge in [-0.2, -0.15) is 0 Å². The molecule has 0 spiro atoms. The van der Waals surface area contributed by atoms with Gasteiger partial charge in [-0.15, -0.1) is 0 Å². The van der Waals surface area contributed by atoms with Gasteiger partial charge in [0.25, 0.3) is 5.91 Å². The lowest BCUT2D eigenvalue weighted by Gasteiger charge is -2.24. The minimum atomic E-state index is -0.0777. The summed E-state index contributed by atoms with van der Waals surface area (Å²) in [4.78, 5) is 20.2. The molecule has 1 amide bonds. The van der Waals surface area contributed by atoms with E-state index in [1.165, 1.54) is 0 Å². The van der Waals surface area contributed by atoms with Crippen LogP contribution in [0.15, 0.2) is 42.9 Å². The molecule has 0 fully saturated rings. The van der Waals surface area contributed by atoms with Crippen LogP contribution in [-0.4, -0.2) is 15.9 Å². The summed E-state index contributed by atoms with van der Waals surface area (Å²) in [7, 11) is 0. The Hall–Kier alpha value is -2.23. The van der Waals surface area contributed by atoms with Gasteiger partial charge in [0, 0.05) is 18.0 Å². The average Bonchev–Trinajstić information content (AvgIpc) is 2.40. The van der Waals surface area contributed by atoms with E-state index in [0.29, 0.717) is 0 Å². The first kappa shape index (κ1) is 9.96. The third-order valence-corrected chi connectivity index (χ3v) is 2.93. The highest BCUT2D eigenvalue weighted by Crippen LogP contribution is 2.23. The monoisotopic (exact) mass is 225 g/mol. The number of rotatable bonds is 1. The van der Waals surface area contributed by atoms with Gasteiger partial charge in [0.2, 0.25) is 0 Å². The Labute approximate surface area is 98.7 Å². The lowest BCUT2D eigenvalue weighted by atomic mass is 9.94. The topological polar surface area (TPSA) is 54.9 Å². The quantitative estimate of drug-likeness (QED) is 0.800. The van der Waals surface area contributed by atoms with E-state index in [9.17, 15) is 4.79 Å². The molecule has 4 nitrogen and oxygen atoms in total. The maximum absolute atomic E-state index is 11.9. The van der Waals surface area contributed by atoms with Crippen LogP contribution >= 0.6 is 0 Å². The standard InChI is InChI=1S/C13H11N3O/c17-13-10-4-2-1-3-9(10)7-11(16-13)12-8-14-5-6-15-12/h1-6,8,11H,7H2,(H,16,17). The van der Waals surface area contributed by atoms with E-state index in [1.807, 2.05) is 24.3 Å². The molecule has 0 saturated carbocycles. The minimum Gasteiger partial charge on any atom is -0.343 e. The van der Waals surface area contributed by atoms with E-state index in [-0.39, 0.29) is 11.9 Å². The zero-order valence-corrected chi connectivity index (χ0v) is 9.13. The zero-order valence-electron chi connectivity index (χ0n) is 9.13. The molecule has 2 heterocycles. The summed E-state index contributed by atoms with van der Waals surface area (Å²) in [6.07, 6.45) is 5.73. The van der Waals surface area contributed by atoms with Crippen LogP contribution in [0.2, 0.25) is 0 Å². The van der Waals surface area contributed by atoms with Crippen LogP contribution in [-0.2, 0) is 6.42 Å². The van der Waals surface area contributed by atoms with Crippen LogP contribution < -0.4 is 5.32 Å². The summed E-state index contributed by atoms with van der Waals surface area (Å²) in [5.74, 6) is -0.0393. The molecule has 0 aliphatic carbocycles. The first-order valence-electron chi connectivity index (χ1n) is 5.49. The number of benzene rings is 1. The van der Waals surface area contributed by atoms with Crippen molar-refractivity contribution >= 4 is 5.91 Å². The number of nitrogens with zero attached hydrogens (tertiary/aromatic N) is 2. The summed E-state index contributed by atoms with van der Waals surface area (Å²) in [5, 5.41) is 2.95. The lowest BCUT2D eigenvalue weighted by molar-refractivity contribution is 0.0924. The first-order chi connectivity index (χ1) is 8.34. The molecular weight excluding hydrogens is 214 g/mol. The van der Waals surface area contributed by atoms with E-state index in [1.54, 1.807) is 18.6 Å². The minimum absolute atomic E-state index is 0.0393. The fraction of sp³-hybridized carbons (Fsp3) is 0.154. The van der Waals surface area contributed by atoms with E-state index in [2.05, 4.69) is 15.3 Å². The van der Waals surface area contributed by atoms with Crippen molar-refractivity contribution in [3.63, 3.8) is 0 Å². The van der Waals surface area contributed by atoms with Crippen LogP contribution in [0.1, 0.15) is 27.7 Å². The molecule has 1 aromatic carbocycles. The van der Waals surface area contributed by atoms with Crippen molar-refractivity contribution in [2.24, 2.45) is 0 Å². The summed E-state index contributed by atoms with van der Waals surface area (Å²) in [6, 6.07) is 7.58. The van der Waals surface area contributed by atoms with E-state index < -0.39 is 0 Å². The Kier molecular flexibility index (Phi) is 2.33. The van der Waals surface area contributed by atoms with Crippen molar-refractivity contribution in [3.05, 3.63) is 59.7 Å². The highest BCUT2D eigenvalue weighted by Gasteiger charge is 2.25. The number of amides is 1. The molecule has 3 rings (SSSR count). The maximum Gasteiger partial charge on any atom is 0.252 e. The van der Waals surface area contributed by atoms with Gasteiger partial charge in [-0.05, 0) is 18.1 Å². The predicted octanol–water partition coefficient (Wildman–Crippen LogP) is 1.50. The van der Waals surface area contributed by atoms with Gasteiger partial charge in [-0.3, -0.25) is 14.8 Å². The van der Waals surface area contributed by atoms with Crippen LogP contribution in [0.4, 0.5) is 0 Å². The molecule has 4 heteroatoms. The number of hydrogen-bond donors (Lipinski definition) is 1. The SMILES string of the molecule is O=C1NC(c2cnccn2)Cc2ccccc21. The normalized spacial score (nSPS) is 18.4. The molecule has 1 unspecified atom stereocenters. The Bertz CT molecular complexity index is 554. The van der Waals surface area contributed by atoms with Gasteiger partial charge in [0.05, 0.1) is 17.9 Å². The van der Waals surface area contributed by atoms with Crippen molar-refractivity contribution in [2.75, 3.05) is 0 Å². The Morgan fingerprint density at radius 1 is 1.24 bits per heavy atom. The number of carbonyl (C=O) groups excluding carboxylic acids is 1. The molecule has 0 saturated heterocycles. The zero-order chi connectivity index (χ0) is 11.7. The van der Waals surface area contributed by atoms with Gasteiger partial charge in [0.15, 0.2) is 0 Å². The predicted molar refractivity (Wildman–Crippen MR) is 62.4 cm³/mol. The van der Waals surface area contributed by atoms with Gasteiger partial charge in [-0.25, -0.2) is 0 Å². The average molecular weight is 225 g/mol. The molecule has 1 atom stereocenters. The number of hydrogen-bond acceptors (Lipinski definition) is 3. The maximum atomic E-state index is 11.9. The third-order valence-electron chi connectivity index (χ3n) is 2.93. The Morgan fingerprint density at radius 3 is 2.94 bits per heavy atom. The second-order valence-corrected chi connectivity index (χ2v) is 4.02. The summed E-state index contributed by atoms with van der Waals surface area (Å²) < 4.78 is 0. The van der Waals surface area contributed by atoms with Gasteiger partial charge in [-0.1, -0.05) is 18.2 Å². The van der Waals surface area contributed by atoms with Gasteiger partial charge in [0.1, 0.15) is 0 Å². The molecular formula is C13H11N3O. The number of aromatic nitrogens is 2. The first-order valence-corrected chi connectivity index (χ1v) is 5.49. The van der Waals surface area contributed by atoms with E-state index in [4.69, 9.17) is 0 Å². The van der Waals surface area contributed by atoms with Crippen LogP contribution in [0.25, 0.3) is 0 Å². The second kappa shape index (κ2) is 3.97. The fourth-order valence-corrected chi connectivity index (χ4v) is 2.10. The van der Waals surface area contributed by atoms with Crippen LogP contribution in [0, 0.1) is 0 Å². The highest BCUT2D eigenvalue weighted by molar-refractivity contribution is 5.97. The van der Waals surface area contributed by atoms with Crippen molar-refractivity contribution in [1.29, 1.82) is 0 Å². The third kappa shape index (κ3) is 1.78. The van der Waals surface area contributed by atoms with Crippen LogP contribution in [0.5, 0.6) is 0 Å². The van der Waals surface area contributed by atoms with E-state index in [0.717, 1.165) is 23.2 Å². The molecule has 17 heavy (non-hydrogen) atoms. The van der Waals surface area contributed by atoms with Gasteiger partial charge < -0.3 is 5.32 Å². The lowest BCUT2D eigenvalue weighted by Crippen LogP contribution is -2.35. The molecule has 2 aromatic rings. The summed E-state index contributed by atoms with van der Waals surface area (Å²) in [5.41, 5.74) is 2.62. The number of carbonyl (C=O) groups is 1. The number of fused-ring (bicyclic) bond motifs is 1. The molecule has 84 valence electrons.